The third-order valence-electron chi connectivity index (χ3n) is 6.08. The van der Waals surface area contributed by atoms with Crippen molar-refractivity contribution >= 4 is 39.9 Å². The highest BCUT2D eigenvalue weighted by molar-refractivity contribution is 8.14. The number of halogens is 1. The Labute approximate surface area is 230 Å². The van der Waals surface area contributed by atoms with Crippen LogP contribution in [0.15, 0.2) is 126 Å². The molecule has 0 saturated carbocycles. The van der Waals surface area contributed by atoms with Crippen molar-refractivity contribution in [1.29, 1.82) is 0 Å². The molecule has 0 radical (unpaired) electrons. The molecule has 0 bridgehead atoms. The van der Waals surface area contributed by atoms with Gasteiger partial charge in [-0.1, -0.05) is 91.0 Å². The van der Waals surface area contributed by atoms with E-state index in [-0.39, 0.29) is 22.8 Å². The highest BCUT2D eigenvalue weighted by Crippen LogP contribution is 2.32. The van der Waals surface area contributed by atoms with Gasteiger partial charge >= 0.3 is 0 Å². The van der Waals surface area contributed by atoms with Gasteiger partial charge in [0.15, 0.2) is 11.5 Å². The largest absolute Gasteiger partial charge is 1.00 e. The molecule has 1 atom stereocenters. The second kappa shape index (κ2) is 11.1. The van der Waals surface area contributed by atoms with E-state index in [0.29, 0.717) is 11.3 Å². The normalized spacial score (nSPS) is 13.9. The van der Waals surface area contributed by atoms with Gasteiger partial charge in [-0.15, -0.1) is 0 Å². The molecule has 1 unspecified atom stereocenters. The van der Waals surface area contributed by atoms with E-state index >= 15 is 0 Å². The van der Waals surface area contributed by atoms with Crippen molar-refractivity contribution in [2.45, 2.75) is 0 Å². The molecule has 1 N–H and O–H groups in total. The van der Waals surface area contributed by atoms with Crippen LogP contribution < -0.4 is 21.9 Å². The maximum Gasteiger partial charge on any atom is 0.274 e. The molecule has 6 rings (SSSR count). The van der Waals surface area contributed by atoms with Gasteiger partial charge in [0.05, 0.1) is 17.1 Å². The van der Waals surface area contributed by atoms with Gasteiger partial charge in [0.2, 0.25) is 5.82 Å². The maximum absolute atomic E-state index is 12.9. The minimum atomic E-state index is 0. The van der Waals surface area contributed by atoms with Crippen LogP contribution in [0.1, 0.15) is 10.4 Å². The molecule has 4 aromatic carbocycles. The Morgan fingerprint density at radius 2 is 1.41 bits per heavy atom. The van der Waals surface area contributed by atoms with Crippen molar-refractivity contribution in [2.75, 3.05) is 5.75 Å². The smallest absolute Gasteiger partial charge is 0.274 e. The number of benzene rings is 4. The van der Waals surface area contributed by atoms with Crippen LogP contribution in [0.3, 0.4) is 0 Å². The molecule has 1 aliphatic heterocycles. The minimum Gasteiger partial charge on any atom is -1.00 e. The van der Waals surface area contributed by atoms with Crippen molar-refractivity contribution < 1.29 is 26.7 Å². The van der Waals surface area contributed by atoms with Crippen molar-refractivity contribution in [3.8, 4) is 16.9 Å². The number of rotatable bonds is 6. The Hall–Kier alpha value is -3.78. The van der Waals surface area contributed by atoms with Gasteiger partial charge in [-0.3, -0.25) is 4.79 Å². The summed E-state index contributed by atoms with van der Waals surface area (Å²) >= 11 is 1.48. The molecule has 0 aliphatic carbocycles. The van der Waals surface area contributed by atoms with E-state index in [1.165, 1.54) is 11.8 Å². The summed E-state index contributed by atoms with van der Waals surface area (Å²) in [5, 5.41) is 5.84. The number of para-hydroxylation sites is 3. The molecule has 0 spiro atoms. The Bertz CT molecular complexity index is 1550. The summed E-state index contributed by atoms with van der Waals surface area (Å²) in [7, 11) is 0. The number of hydrogen-bond acceptors (Lipinski definition) is 4. The Morgan fingerprint density at radius 3 is 2.14 bits per heavy atom. The third-order valence-corrected chi connectivity index (χ3v) is 7.06. The van der Waals surface area contributed by atoms with Crippen molar-refractivity contribution in [1.82, 2.24) is 9.78 Å². The number of nitrogens with zero attached hydrogens (tertiary/aromatic N) is 3. The van der Waals surface area contributed by atoms with Gasteiger partial charge in [0.1, 0.15) is 5.69 Å². The van der Waals surface area contributed by atoms with Gasteiger partial charge in [-0.25, -0.2) is 0 Å². The quantitative estimate of drug-likeness (QED) is 0.321. The average Bonchev–Trinajstić information content (AvgIpc) is 3.54. The molecule has 0 amide bonds. The first-order chi connectivity index (χ1) is 17.8. The fourth-order valence-corrected chi connectivity index (χ4v) is 5.29. The maximum atomic E-state index is 12.9. The molecule has 0 saturated heterocycles. The fourth-order valence-electron chi connectivity index (χ4n) is 4.33. The third kappa shape index (κ3) is 5.06. The number of thioether (sulfide) groups is 1. The van der Waals surface area contributed by atoms with E-state index in [4.69, 9.17) is 10.1 Å². The molecular formula is C30H23BrN4OS. The Morgan fingerprint density at radius 1 is 0.784 bits per heavy atom. The summed E-state index contributed by atoms with van der Waals surface area (Å²) in [6.07, 6.45) is 0. The molecule has 182 valence electrons. The molecule has 1 aromatic heterocycles. The number of ketones is 1. The van der Waals surface area contributed by atoms with Crippen LogP contribution in [-0.2, 0) is 0 Å². The van der Waals surface area contributed by atoms with E-state index in [1.807, 2.05) is 89.6 Å². The summed E-state index contributed by atoms with van der Waals surface area (Å²) in [5.41, 5.74) is 5.56. The predicted octanol–water partition coefficient (Wildman–Crippen LogP) is 3.01. The van der Waals surface area contributed by atoms with Gasteiger partial charge in [-0.2, -0.15) is 19.7 Å². The number of nitrogens with one attached hydrogen (secondary N) is 1. The van der Waals surface area contributed by atoms with Crippen molar-refractivity contribution in [3.63, 3.8) is 0 Å². The molecule has 1 aliphatic rings. The number of fused-ring (bicyclic) bond motifs is 1. The molecule has 5 aromatic rings. The molecule has 2 heterocycles. The van der Waals surface area contributed by atoms with Crippen LogP contribution in [0.2, 0.25) is 0 Å². The van der Waals surface area contributed by atoms with Crippen LogP contribution >= 0.6 is 11.8 Å². The summed E-state index contributed by atoms with van der Waals surface area (Å²) in [5.74, 6) is 1.34. The molecule has 7 heteroatoms. The fraction of sp³-hybridized carbons (Fsp3) is 0.0333. The van der Waals surface area contributed by atoms with Crippen LogP contribution in [0, 0.1) is 0 Å². The zero-order valence-corrected chi connectivity index (χ0v) is 22.2. The monoisotopic (exact) mass is 566 g/mol. The van der Waals surface area contributed by atoms with Crippen molar-refractivity contribution in [3.05, 3.63) is 127 Å². The number of hydrogen-bond donors (Lipinski definition) is 1. The Balaban J connectivity index is 0.00000280. The lowest BCUT2D eigenvalue weighted by molar-refractivity contribution is -0.645. The Kier molecular flexibility index (Phi) is 7.46. The van der Waals surface area contributed by atoms with Crippen LogP contribution in [-0.4, -0.2) is 26.5 Å². The molecule has 37 heavy (non-hydrogen) atoms. The number of carbonyl (C=O) groups is 1. The van der Waals surface area contributed by atoms with Gasteiger partial charge in [-0.05, 0) is 30.0 Å². The molecule has 5 nitrogen and oxygen atoms in total. The zero-order valence-electron chi connectivity index (χ0n) is 19.8. The SMILES string of the molecule is O=C(CSC1=Nc2ccccc2[NH+]1c1cc(-c2ccccc2)nn1-c1ccccc1)c1ccccc1.[Br-]. The lowest BCUT2D eigenvalue weighted by Crippen LogP contribution is -3.04. The topological polar surface area (TPSA) is 51.7 Å². The molecule has 0 fully saturated rings. The second-order valence-electron chi connectivity index (χ2n) is 8.42. The number of amidine groups is 1. The second-order valence-corrected chi connectivity index (χ2v) is 9.38. The van der Waals surface area contributed by atoms with Gasteiger partial charge in [0, 0.05) is 23.3 Å². The number of Topliss-reactive ketones (excluding diaryl/α,β-unsaturated/α-hetero) is 1. The van der Waals surface area contributed by atoms with Crippen LogP contribution in [0.5, 0.6) is 0 Å². The highest BCUT2D eigenvalue weighted by atomic mass is 79.9. The standard InChI is InChI=1S/C30H22N4OS.BrH/c35-28(23-14-6-2-7-15-23)21-36-30-31-25-18-10-11-19-27(25)33(30)29-20-26(22-12-4-1-5-13-22)32-34(29)24-16-8-3-9-17-24;/h1-20H,21H2;1H. The summed E-state index contributed by atoms with van der Waals surface area (Å²) < 4.78 is 1.98. The summed E-state index contributed by atoms with van der Waals surface area (Å²) in [6.45, 7) is 0. The van der Waals surface area contributed by atoms with Gasteiger partial charge < -0.3 is 17.0 Å². The highest BCUT2D eigenvalue weighted by Gasteiger charge is 2.36. The first-order valence-electron chi connectivity index (χ1n) is 11.8. The number of aromatic nitrogens is 2. The van der Waals surface area contributed by atoms with Crippen LogP contribution in [0.25, 0.3) is 16.9 Å². The first-order valence-corrected chi connectivity index (χ1v) is 12.7. The van der Waals surface area contributed by atoms with E-state index in [1.54, 1.807) is 0 Å². The van der Waals surface area contributed by atoms with Gasteiger partial charge in [0.25, 0.3) is 5.17 Å². The number of quaternary nitrogens is 1. The lowest BCUT2D eigenvalue weighted by atomic mass is 10.1. The van der Waals surface area contributed by atoms with Crippen LogP contribution in [0.4, 0.5) is 17.2 Å². The molecular weight excluding hydrogens is 544 g/mol. The summed E-state index contributed by atoms with van der Waals surface area (Å²) in [6, 6.07) is 40.0. The van der Waals surface area contributed by atoms with E-state index < -0.39 is 0 Å². The average molecular weight is 568 g/mol. The summed E-state index contributed by atoms with van der Waals surface area (Å²) in [4.78, 5) is 18.8. The van der Waals surface area contributed by atoms with Crippen molar-refractivity contribution in [2.24, 2.45) is 4.99 Å². The number of carbonyl (C=O) groups excluding carboxylic acids is 1. The van der Waals surface area contributed by atoms with E-state index in [9.17, 15) is 4.79 Å². The van der Waals surface area contributed by atoms with E-state index in [0.717, 1.165) is 44.2 Å². The number of aliphatic imine (C=N–C) groups is 1. The minimum absolute atomic E-state index is 0. The predicted molar refractivity (Wildman–Crippen MR) is 146 cm³/mol. The lowest BCUT2D eigenvalue weighted by Gasteiger charge is -2.15. The van der Waals surface area contributed by atoms with E-state index in [2.05, 4.69) is 36.4 Å². The first kappa shape index (κ1) is 24.9. The zero-order chi connectivity index (χ0) is 24.3.